The molecule has 0 bridgehead atoms. The molecule has 1 unspecified atom stereocenters. The lowest BCUT2D eigenvalue weighted by Crippen LogP contribution is -2.12. The first-order chi connectivity index (χ1) is 9.29. The number of para-hydroxylation sites is 1. The Morgan fingerprint density at radius 2 is 1.95 bits per heavy atom. The zero-order valence-corrected chi connectivity index (χ0v) is 13.0. The van der Waals surface area contributed by atoms with Gasteiger partial charge >= 0.3 is 0 Å². The SMILES string of the molecule is COc1ccncc1C(N)c1cc2ccccc2o1.Cl.Cl. The van der Waals surface area contributed by atoms with E-state index in [1.807, 2.05) is 30.3 Å². The highest BCUT2D eigenvalue weighted by molar-refractivity contribution is 5.85. The zero-order chi connectivity index (χ0) is 13.2. The van der Waals surface area contributed by atoms with E-state index >= 15 is 0 Å². The Labute approximate surface area is 135 Å². The number of nitrogens with two attached hydrogens (primary N) is 1. The highest BCUT2D eigenvalue weighted by atomic mass is 35.5. The third-order valence-corrected chi connectivity index (χ3v) is 3.12. The minimum atomic E-state index is -0.393. The topological polar surface area (TPSA) is 61.3 Å². The molecule has 1 aromatic carbocycles. The van der Waals surface area contributed by atoms with Gasteiger partial charge in [0, 0.05) is 23.3 Å². The third-order valence-electron chi connectivity index (χ3n) is 3.12. The van der Waals surface area contributed by atoms with E-state index in [0.717, 1.165) is 16.5 Å². The molecule has 0 amide bonds. The van der Waals surface area contributed by atoms with Crippen LogP contribution in [0.4, 0.5) is 0 Å². The molecule has 2 heterocycles. The van der Waals surface area contributed by atoms with Gasteiger partial charge in [-0.1, -0.05) is 18.2 Å². The Kier molecular flexibility index (Phi) is 6.03. The van der Waals surface area contributed by atoms with Gasteiger partial charge in [-0.15, -0.1) is 24.8 Å². The maximum absolute atomic E-state index is 6.24. The molecule has 0 spiro atoms. The van der Waals surface area contributed by atoms with Gasteiger partial charge in [0.05, 0.1) is 13.2 Å². The summed E-state index contributed by atoms with van der Waals surface area (Å²) >= 11 is 0. The number of nitrogens with zero attached hydrogens (tertiary/aromatic N) is 1. The average molecular weight is 327 g/mol. The van der Waals surface area contributed by atoms with Crippen molar-refractivity contribution in [3.8, 4) is 5.75 Å². The summed E-state index contributed by atoms with van der Waals surface area (Å²) in [6.45, 7) is 0. The van der Waals surface area contributed by atoms with Crippen LogP contribution in [0.15, 0.2) is 53.2 Å². The van der Waals surface area contributed by atoms with Crippen molar-refractivity contribution in [1.29, 1.82) is 0 Å². The van der Waals surface area contributed by atoms with Crippen LogP contribution in [0.1, 0.15) is 17.4 Å². The van der Waals surface area contributed by atoms with Gasteiger partial charge in [-0.2, -0.15) is 0 Å². The van der Waals surface area contributed by atoms with E-state index in [1.165, 1.54) is 0 Å². The van der Waals surface area contributed by atoms with E-state index < -0.39 is 6.04 Å². The molecule has 2 aromatic heterocycles. The van der Waals surface area contributed by atoms with E-state index in [4.69, 9.17) is 14.9 Å². The quantitative estimate of drug-likeness (QED) is 0.796. The molecule has 21 heavy (non-hydrogen) atoms. The summed E-state index contributed by atoms with van der Waals surface area (Å²) in [5.41, 5.74) is 7.88. The molecule has 6 heteroatoms. The summed E-state index contributed by atoms with van der Waals surface area (Å²) in [7, 11) is 1.62. The maximum Gasteiger partial charge on any atom is 0.134 e. The number of furan rings is 1. The molecule has 0 aliphatic heterocycles. The minimum Gasteiger partial charge on any atom is -0.496 e. The molecule has 2 N–H and O–H groups in total. The highest BCUT2D eigenvalue weighted by Gasteiger charge is 2.18. The number of ether oxygens (including phenoxy) is 1. The molecule has 0 fully saturated rings. The number of methoxy groups -OCH3 is 1. The van der Waals surface area contributed by atoms with E-state index in [1.54, 1.807) is 25.6 Å². The Balaban J connectivity index is 0.00000110. The van der Waals surface area contributed by atoms with Crippen LogP contribution < -0.4 is 10.5 Å². The van der Waals surface area contributed by atoms with Crippen molar-refractivity contribution >= 4 is 35.8 Å². The Bertz CT molecular complexity index is 682. The van der Waals surface area contributed by atoms with E-state index in [-0.39, 0.29) is 24.8 Å². The van der Waals surface area contributed by atoms with E-state index in [0.29, 0.717) is 11.5 Å². The van der Waals surface area contributed by atoms with Crippen molar-refractivity contribution in [1.82, 2.24) is 4.98 Å². The standard InChI is InChI=1S/C15H14N2O2.2ClH/c1-18-13-6-7-17-9-11(13)15(16)14-8-10-4-2-3-5-12(10)19-14;;/h2-9,15H,16H2,1H3;2*1H. The molecule has 0 aliphatic carbocycles. The third kappa shape index (κ3) is 3.29. The van der Waals surface area contributed by atoms with Crippen molar-refractivity contribution in [2.45, 2.75) is 6.04 Å². The van der Waals surface area contributed by atoms with Gasteiger partial charge in [-0.25, -0.2) is 0 Å². The molecule has 4 nitrogen and oxygen atoms in total. The molecule has 3 rings (SSSR count). The fourth-order valence-electron chi connectivity index (χ4n) is 2.12. The van der Waals surface area contributed by atoms with Crippen molar-refractivity contribution in [3.05, 3.63) is 60.1 Å². The summed E-state index contributed by atoms with van der Waals surface area (Å²) in [4.78, 5) is 4.09. The van der Waals surface area contributed by atoms with Crippen LogP contribution >= 0.6 is 24.8 Å². The smallest absolute Gasteiger partial charge is 0.134 e. The number of hydrogen-bond donors (Lipinski definition) is 1. The van der Waals surface area contributed by atoms with Gasteiger partial charge in [0.2, 0.25) is 0 Å². The van der Waals surface area contributed by atoms with Crippen molar-refractivity contribution in [2.24, 2.45) is 5.73 Å². The van der Waals surface area contributed by atoms with Crippen LogP contribution in [0.25, 0.3) is 11.0 Å². The zero-order valence-electron chi connectivity index (χ0n) is 11.4. The Morgan fingerprint density at radius 3 is 2.67 bits per heavy atom. The first-order valence-corrected chi connectivity index (χ1v) is 6.01. The summed E-state index contributed by atoms with van der Waals surface area (Å²) in [5.74, 6) is 1.41. The number of aromatic nitrogens is 1. The summed E-state index contributed by atoms with van der Waals surface area (Å²) in [6, 6.07) is 11.2. The lowest BCUT2D eigenvalue weighted by Gasteiger charge is -2.12. The molecule has 112 valence electrons. The second-order valence-electron chi connectivity index (χ2n) is 4.28. The number of pyridine rings is 1. The average Bonchev–Trinajstić information content (AvgIpc) is 2.90. The van der Waals surface area contributed by atoms with Crippen LogP contribution in [0.5, 0.6) is 5.75 Å². The number of hydrogen-bond acceptors (Lipinski definition) is 4. The monoisotopic (exact) mass is 326 g/mol. The normalized spacial score (nSPS) is 11.3. The second kappa shape index (κ2) is 7.31. The van der Waals surface area contributed by atoms with Gasteiger partial charge in [0.1, 0.15) is 17.1 Å². The lowest BCUT2D eigenvalue weighted by molar-refractivity contribution is 0.403. The number of benzene rings is 1. The number of halogens is 2. The van der Waals surface area contributed by atoms with Crippen LogP contribution in [-0.2, 0) is 0 Å². The number of rotatable bonds is 3. The Morgan fingerprint density at radius 1 is 1.19 bits per heavy atom. The van der Waals surface area contributed by atoms with Gasteiger partial charge in [0.15, 0.2) is 0 Å². The number of fused-ring (bicyclic) bond motifs is 1. The van der Waals surface area contributed by atoms with Gasteiger partial charge in [-0.05, 0) is 18.2 Å². The van der Waals surface area contributed by atoms with Crippen molar-refractivity contribution < 1.29 is 9.15 Å². The maximum atomic E-state index is 6.24. The van der Waals surface area contributed by atoms with Gasteiger partial charge in [-0.3, -0.25) is 4.98 Å². The predicted octanol–water partition coefficient (Wildman–Crippen LogP) is 3.73. The molecular formula is C15H16Cl2N2O2. The molecule has 3 aromatic rings. The predicted molar refractivity (Wildman–Crippen MR) is 87.5 cm³/mol. The van der Waals surface area contributed by atoms with Crippen molar-refractivity contribution in [3.63, 3.8) is 0 Å². The lowest BCUT2D eigenvalue weighted by atomic mass is 10.1. The summed E-state index contributed by atoms with van der Waals surface area (Å²) in [5, 5.41) is 1.04. The van der Waals surface area contributed by atoms with E-state index in [2.05, 4.69) is 4.98 Å². The molecule has 0 aliphatic rings. The van der Waals surface area contributed by atoms with Crippen LogP contribution in [-0.4, -0.2) is 12.1 Å². The van der Waals surface area contributed by atoms with Crippen LogP contribution in [0.3, 0.4) is 0 Å². The first kappa shape index (κ1) is 17.3. The fraction of sp³-hybridized carbons (Fsp3) is 0.133. The highest BCUT2D eigenvalue weighted by Crippen LogP contribution is 2.30. The second-order valence-corrected chi connectivity index (χ2v) is 4.28. The molecule has 0 saturated heterocycles. The van der Waals surface area contributed by atoms with Gasteiger partial charge in [0.25, 0.3) is 0 Å². The van der Waals surface area contributed by atoms with Crippen LogP contribution in [0, 0.1) is 0 Å². The minimum absolute atomic E-state index is 0. The largest absolute Gasteiger partial charge is 0.496 e. The molecule has 0 radical (unpaired) electrons. The molecule has 0 saturated carbocycles. The summed E-state index contributed by atoms with van der Waals surface area (Å²) in [6.07, 6.45) is 3.38. The van der Waals surface area contributed by atoms with Crippen LogP contribution in [0.2, 0.25) is 0 Å². The Hall–Kier alpha value is -1.75. The molecular weight excluding hydrogens is 311 g/mol. The fourth-order valence-corrected chi connectivity index (χ4v) is 2.12. The molecule has 1 atom stereocenters. The first-order valence-electron chi connectivity index (χ1n) is 6.01. The van der Waals surface area contributed by atoms with E-state index in [9.17, 15) is 0 Å². The summed E-state index contributed by atoms with van der Waals surface area (Å²) < 4.78 is 11.1. The van der Waals surface area contributed by atoms with Gasteiger partial charge < -0.3 is 14.9 Å². The van der Waals surface area contributed by atoms with Crippen molar-refractivity contribution in [2.75, 3.05) is 7.11 Å².